The molecule has 0 saturated carbocycles. The molecule has 0 aliphatic carbocycles. The molecular weight excluding hydrogens is 490 g/mol. The van der Waals surface area contributed by atoms with Crippen molar-refractivity contribution in [1.29, 1.82) is 0 Å². The summed E-state index contributed by atoms with van der Waals surface area (Å²) < 4.78 is 6.33. The van der Waals surface area contributed by atoms with Crippen LogP contribution in [0.4, 0.5) is 0 Å². The lowest BCUT2D eigenvalue weighted by atomic mass is 9.68. The zero-order valence-electron chi connectivity index (χ0n) is 22.5. The molecule has 0 spiro atoms. The van der Waals surface area contributed by atoms with Gasteiger partial charge in [-0.15, -0.1) is 0 Å². The molecule has 198 valence electrons. The summed E-state index contributed by atoms with van der Waals surface area (Å²) in [5.41, 5.74) is 4.63. The topological polar surface area (TPSA) is 38.3 Å². The first-order chi connectivity index (χ1) is 19.8. The summed E-state index contributed by atoms with van der Waals surface area (Å²) in [5.74, 6) is 1.55. The van der Waals surface area contributed by atoms with Crippen LogP contribution in [0.25, 0.3) is 0 Å². The van der Waals surface area contributed by atoms with Gasteiger partial charge in [0, 0.05) is 23.6 Å². The van der Waals surface area contributed by atoms with E-state index >= 15 is 0 Å². The molecule has 0 aromatic heterocycles. The van der Waals surface area contributed by atoms with Crippen LogP contribution in [0.1, 0.15) is 46.6 Å². The molecule has 1 aliphatic rings. The Morgan fingerprint density at radius 3 is 1.65 bits per heavy atom. The van der Waals surface area contributed by atoms with Gasteiger partial charge in [-0.05, 0) is 48.1 Å². The number of carbonyl (C=O) groups excluding carboxylic acids is 1. The Kier molecular flexibility index (Phi) is 7.45. The van der Waals surface area contributed by atoms with Gasteiger partial charge in [0.05, 0.1) is 0 Å². The SMILES string of the molecule is O=C(NCC(c1ccccc1)c1ccccc1)C1(CCCc2ccccc2)c2ccccc2Oc2ccccc21. The van der Waals surface area contributed by atoms with Crippen molar-refractivity contribution in [3.8, 4) is 11.5 Å². The van der Waals surface area contributed by atoms with Crippen molar-refractivity contribution >= 4 is 5.91 Å². The summed E-state index contributed by atoms with van der Waals surface area (Å²) in [6.45, 7) is 0.498. The Balaban J connectivity index is 1.37. The smallest absolute Gasteiger partial charge is 0.235 e. The van der Waals surface area contributed by atoms with Crippen molar-refractivity contribution < 1.29 is 9.53 Å². The summed E-state index contributed by atoms with van der Waals surface area (Å²) >= 11 is 0. The van der Waals surface area contributed by atoms with Crippen LogP contribution in [0, 0.1) is 0 Å². The number of hydrogen-bond acceptors (Lipinski definition) is 2. The van der Waals surface area contributed by atoms with Crippen LogP contribution in [0.15, 0.2) is 140 Å². The highest BCUT2D eigenvalue weighted by atomic mass is 16.5. The maximum atomic E-state index is 14.7. The van der Waals surface area contributed by atoms with Gasteiger partial charge < -0.3 is 10.1 Å². The second-order valence-electron chi connectivity index (χ2n) is 10.4. The zero-order valence-corrected chi connectivity index (χ0v) is 22.5. The van der Waals surface area contributed by atoms with E-state index in [1.165, 1.54) is 16.7 Å². The molecule has 0 fully saturated rings. The molecule has 1 heterocycles. The second-order valence-corrected chi connectivity index (χ2v) is 10.4. The fraction of sp³-hybridized carbons (Fsp3) is 0.162. The molecule has 5 aromatic rings. The van der Waals surface area contributed by atoms with E-state index in [1.54, 1.807) is 0 Å². The van der Waals surface area contributed by atoms with Gasteiger partial charge >= 0.3 is 0 Å². The molecule has 0 unspecified atom stereocenters. The first-order valence-corrected chi connectivity index (χ1v) is 14.0. The van der Waals surface area contributed by atoms with Crippen molar-refractivity contribution in [3.05, 3.63) is 167 Å². The second kappa shape index (κ2) is 11.6. The molecule has 0 atom stereocenters. The third-order valence-corrected chi connectivity index (χ3v) is 8.03. The first kappa shape index (κ1) is 25.6. The van der Waals surface area contributed by atoms with Gasteiger partial charge in [0.25, 0.3) is 0 Å². The highest BCUT2D eigenvalue weighted by Crippen LogP contribution is 2.50. The van der Waals surface area contributed by atoms with Crippen molar-refractivity contribution in [2.75, 3.05) is 6.54 Å². The van der Waals surface area contributed by atoms with Gasteiger partial charge in [0.1, 0.15) is 16.9 Å². The number of rotatable bonds is 9. The summed E-state index contributed by atoms with van der Waals surface area (Å²) in [6, 6.07) is 47.4. The number of para-hydroxylation sites is 2. The Labute approximate surface area is 236 Å². The number of fused-ring (bicyclic) bond motifs is 2. The third kappa shape index (κ3) is 5.03. The zero-order chi connectivity index (χ0) is 27.2. The number of nitrogens with one attached hydrogen (secondary N) is 1. The van der Waals surface area contributed by atoms with Crippen LogP contribution in [0.2, 0.25) is 0 Å². The number of ether oxygens (including phenoxy) is 1. The average molecular weight is 524 g/mol. The van der Waals surface area contributed by atoms with Crippen LogP contribution in [0.5, 0.6) is 11.5 Å². The summed E-state index contributed by atoms with van der Waals surface area (Å²) in [7, 11) is 0. The molecular formula is C37H33NO2. The quantitative estimate of drug-likeness (QED) is 0.212. The summed E-state index contributed by atoms with van der Waals surface area (Å²) in [5, 5.41) is 3.43. The summed E-state index contributed by atoms with van der Waals surface area (Å²) in [4.78, 5) is 14.7. The van der Waals surface area contributed by atoms with Gasteiger partial charge in [0.15, 0.2) is 0 Å². The largest absolute Gasteiger partial charge is 0.457 e. The predicted molar refractivity (Wildman–Crippen MR) is 161 cm³/mol. The molecule has 0 saturated heterocycles. The molecule has 0 bridgehead atoms. The highest BCUT2D eigenvalue weighted by molar-refractivity contribution is 5.94. The molecule has 40 heavy (non-hydrogen) atoms. The number of benzene rings is 5. The van der Waals surface area contributed by atoms with Gasteiger partial charge in [-0.25, -0.2) is 0 Å². The Hall–Kier alpha value is -4.63. The molecule has 5 aromatic carbocycles. The monoisotopic (exact) mass is 523 g/mol. The summed E-state index contributed by atoms with van der Waals surface area (Å²) in [6.07, 6.45) is 2.44. The van der Waals surface area contributed by atoms with E-state index in [-0.39, 0.29) is 11.8 Å². The molecule has 6 rings (SSSR count). The molecule has 3 heteroatoms. The fourth-order valence-corrected chi connectivity index (χ4v) is 6.05. The lowest BCUT2D eigenvalue weighted by Gasteiger charge is -2.39. The molecule has 0 radical (unpaired) electrons. The average Bonchev–Trinajstić information content (AvgIpc) is 3.02. The van der Waals surface area contributed by atoms with Crippen LogP contribution < -0.4 is 10.1 Å². The third-order valence-electron chi connectivity index (χ3n) is 8.03. The van der Waals surface area contributed by atoms with Gasteiger partial charge in [-0.2, -0.15) is 0 Å². The predicted octanol–water partition coefficient (Wildman–Crippen LogP) is 8.05. The highest BCUT2D eigenvalue weighted by Gasteiger charge is 2.47. The van der Waals surface area contributed by atoms with Gasteiger partial charge in [-0.1, -0.05) is 127 Å². The Bertz CT molecular complexity index is 1480. The normalized spacial score (nSPS) is 13.1. The molecule has 1 aliphatic heterocycles. The van der Waals surface area contributed by atoms with Crippen molar-refractivity contribution in [1.82, 2.24) is 5.32 Å². The van der Waals surface area contributed by atoms with E-state index in [0.29, 0.717) is 13.0 Å². The maximum absolute atomic E-state index is 14.7. The minimum Gasteiger partial charge on any atom is -0.457 e. The van der Waals surface area contributed by atoms with Crippen LogP contribution in [-0.2, 0) is 16.6 Å². The standard InChI is InChI=1S/C37H33NO2/c39-36(38-27-31(29-18-6-2-7-19-29)30-20-8-3-9-21-30)37(26-14-17-28-15-4-1-5-16-28)32-22-10-12-24-34(32)40-35-25-13-11-23-33(35)37/h1-13,15-16,18-25,31H,14,17,26-27H2,(H,38,39). The van der Waals surface area contributed by atoms with E-state index in [9.17, 15) is 4.79 Å². The van der Waals surface area contributed by atoms with Crippen LogP contribution >= 0.6 is 0 Å². The number of hydrogen-bond donors (Lipinski definition) is 1. The van der Waals surface area contributed by atoms with Crippen LogP contribution in [-0.4, -0.2) is 12.5 Å². The number of aryl methyl sites for hydroxylation is 1. The van der Waals surface area contributed by atoms with Crippen LogP contribution in [0.3, 0.4) is 0 Å². The maximum Gasteiger partial charge on any atom is 0.235 e. The number of amides is 1. The van der Waals surface area contributed by atoms with Crippen molar-refractivity contribution in [2.24, 2.45) is 0 Å². The van der Waals surface area contributed by atoms with Gasteiger partial charge in [-0.3, -0.25) is 4.79 Å². The lowest BCUT2D eigenvalue weighted by molar-refractivity contribution is -0.125. The van der Waals surface area contributed by atoms with E-state index in [0.717, 1.165) is 35.5 Å². The lowest BCUT2D eigenvalue weighted by Crippen LogP contribution is -2.48. The Morgan fingerprint density at radius 2 is 1.10 bits per heavy atom. The minimum absolute atomic E-state index is 0.0145. The van der Waals surface area contributed by atoms with E-state index < -0.39 is 5.41 Å². The fourth-order valence-electron chi connectivity index (χ4n) is 6.05. The minimum atomic E-state index is -0.863. The molecule has 1 N–H and O–H groups in total. The number of carbonyl (C=O) groups is 1. The van der Waals surface area contributed by atoms with Gasteiger partial charge in [0.2, 0.25) is 5.91 Å². The first-order valence-electron chi connectivity index (χ1n) is 14.0. The Morgan fingerprint density at radius 1 is 0.625 bits per heavy atom. The van der Waals surface area contributed by atoms with Crippen molar-refractivity contribution in [2.45, 2.75) is 30.6 Å². The molecule has 3 nitrogen and oxygen atoms in total. The van der Waals surface area contributed by atoms with Crippen molar-refractivity contribution in [3.63, 3.8) is 0 Å². The van der Waals surface area contributed by atoms with E-state index in [1.807, 2.05) is 54.6 Å². The van der Waals surface area contributed by atoms with E-state index in [4.69, 9.17) is 4.74 Å². The molecule has 1 amide bonds. The van der Waals surface area contributed by atoms with E-state index in [2.05, 4.69) is 90.2 Å².